The highest BCUT2D eigenvalue weighted by molar-refractivity contribution is 5.82. The molecule has 2 rings (SSSR count). The summed E-state index contributed by atoms with van der Waals surface area (Å²) < 4.78 is 0. The van der Waals surface area contributed by atoms with E-state index in [-0.39, 0.29) is 5.91 Å². The number of benzene rings is 1. The maximum Gasteiger partial charge on any atom is 0.239 e. The fourth-order valence-electron chi connectivity index (χ4n) is 2.46. The van der Waals surface area contributed by atoms with E-state index in [0.29, 0.717) is 12.0 Å². The van der Waals surface area contributed by atoms with E-state index >= 15 is 0 Å². The Morgan fingerprint density at radius 3 is 2.79 bits per heavy atom. The predicted molar refractivity (Wildman–Crippen MR) is 73.3 cm³/mol. The van der Waals surface area contributed by atoms with E-state index in [1.165, 1.54) is 6.42 Å². The highest BCUT2D eigenvalue weighted by atomic mass is 16.2. The summed E-state index contributed by atoms with van der Waals surface area (Å²) in [7, 11) is 0. The van der Waals surface area contributed by atoms with Crippen molar-refractivity contribution in [1.29, 1.82) is 5.26 Å². The number of rotatable bonds is 3. The van der Waals surface area contributed by atoms with Crippen LogP contribution in [0.25, 0.3) is 0 Å². The van der Waals surface area contributed by atoms with Gasteiger partial charge in [-0.25, -0.2) is 0 Å². The van der Waals surface area contributed by atoms with Gasteiger partial charge in [-0.05, 0) is 43.4 Å². The van der Waals surface area contributed by atoms with E-state index in [0.717, 1.165) is 31.5 Å². The number of nitriles is 1. The number of piperidine rings is 1. The lowest BCUT2D eigenvalue weighted by molar-refractivity contribution is -0.133. The summed E-state index contributed by atoms with van der Waals surface area (Å²) in [5, 5.41) is 8.85. The van der Waals surface area contributed by atoms with Gasteiger partial charge in [0.25, 0.3) is 0 Å². The quantitative estimate of drug-likeness (QED) is 0.890. The highest BCUT2D eigenvalue weighted by Gasteiger charge is 2.22. The molecule has 1 aliphatic rings. The average Bonchev–Trinajstić information content (AvgIpc) is 2.47. The zero-order chi connectivity index (χ0) is 13.7. The molecule has 1 heterocycles. The van der Waals surface area contributed by atoms with Crippen LogP contribution in [0, 0.1) is 11.3 Å². The molecule has 100 valence electrons. The second-order valence-electron chi connectivity index (χ2n) is 5.01. The van der Waals surface area contributed by atoms with E-state index in [9.17, 15) is 4.79 Å². The van der Waals surface area contributed by atoms with Crippen LogP contribution in [0.2, 0.25) is 0 Å². The van der Waals surface area contributed by atoms with E-state index in [1.54, 1.807) is 12.1 Å². The molecule has 1 atom stereocenters. The zero-order valence-electron chi connectivity index (χ0n) is 11.0. The summed E-state index contributed by atoms with van der Waals surface area (Å²) in [6.07, 6.45) is 3.83. The minimum Gasteiger partial charge on any atom is -0.341 e. The fourth-order valence-corrected chi connectivity index (χ4v) is 2.46. The molecule has 1 aliphatic heterocycles. The monoisotopic (exact) mass is 257 g/mol. The SMILES string of the molecule is N#Cc1cccc(CC(N)C(=O)N2CCCCC2)c1. The zero-order valence-corrected chi connectivity index (χ0v) is 11.0. The Morgan fingerprint density at radius 1 is 1.37 bits per heavy atom. The second kappa shape index (κ2) is 6.35. The first-order chi connectivity index (χ1) is 9.20. The van der Waals surface area contributed by atoms with Gasteiger partial charge in [-0.15, -0.1) is 0 Å². The Morgan fingerprint density at radius 2 is 2.11 bits per heavy atom. The summed E-state index contributed by atoms with van der Waals surface area (Å²) in [6.45, 7) is 1.65. The molecule has 0 aliphatic carbocycles. The van der Waals surface area contributed by atoms with Crippen molar-refractivity contribution in [3.8, 4) is 6.07 Å². The van der Waals surface area contributed by atoms with Gasteiger partial charge in [0.1, 0.15) is 0 Å². The van der Waals surface area contributed by atoms with Gasteiger partial charge >= 0.3 is 0 Å². The number of carbonyl (C=O) groups is 1. The second-order valence-corrected chi connectivity index (χ2v) is 5.01. The third kappa shape index (κ3) is 3.55. The smallest absolute Gasteiger partial charge is 0.239 e. The van der Waals surface area contributed by atoms with E-state index in [4.69, 9.17) is 11.0 Å². The number of amides is 1. The van der Waals surface area contributed by atoms with Crippen LogP contribution in [-0.2, 0) is 11.2 Å². The molecule has 0 bridgehead atoms. The van der Waals surface area contributed by atoms with Gasteiger partial charge in [0, 0.05) is 13.1 Å². The molecule has 1 aromatic rings. The molecule has 4 nitrogen and oxygen atoms in total. The van der Waals surface area contributed by atoms with Crippen molar-refractivity contribution in [2.24, 2.45) is 5.73 Å². The Labute approximate surface area is 113 Å². The topological polar surface area (TPSA) is 70.1 Å². The molecule has 1 amide bonds. The number of carbonyl (C=O) groups excluding carboxylic acids is 1. The number of hydrogen-bond acceptors (Lipinski definition) is 3. The van der Waals surface area contributed by atoms with Crippen LogP contribution in [0.1, 0.15) is 30.4 Å². The van der Waals surface area contributed by atoms with Gasteiger partial charge in [0.05, 0.1) is 17.7 Å². The van der Waals surface area contributed by atoms with Gasteiger partial charge in [-0.3, -0.25) is 4.79 Å². The third-order valence-electron chi connectivity index (χ3n) is 3.50. The van der Waals surface area contributed by atoms with E-state index in [2.05, 4.69) is 6.07 Å². The van der Waals surface area contributed by atoms with Crippen molar-refractivity contribution >= 4 is 5.91 Å². The average molecular weight is 257 g/mol. The Hall–Kier alpha value is -1.86. The molecule has 0 radical (unpaired) electrons. The lowest BCUT2D eigenvalue weighted by atomic mass is 10.0. The van der Waals surface area contributed by atoms with Crippen LogP contribution in [-0.4, -0.2) is 29.9 Å². The van der Waals surface area contributed by atoms with Crippen molar-refractivity contribution in [2.45, 2.75) is 31.7 Å². The molecule has 1 fully saturated rings. The van der Waals surface area contributed by atoms with Gasteiger partial charge in [0.15, 0.2) is 0 Å². The van der Waals surface area contributed by atoms with Crippen molar-refractivity contribution in [3.05, 3.63) is 35.4 Å². The largest absolute Gasteiger partial charge is 0.341 e. The maximum atomic E-state index is 12.2. The predicted octanol–water partition coefficient (Wildman–Crippen LogP) is 1.44. The normalized spacial score (nSPS) is 16.7. The number of likely N-dealkylation sites (tertiary alicyclic amines) is 1. The first kappa shape index (κ1) is 13.6. The summed E-state index contributed by atoms with van der Waals surface area (Å²) >= 11 is 0. The van der Waals surface area contributed by atoms with Crippen LogP contribution in [0.15, 0.2) is 24.3 Å². The molecular formula is C15H19N3O. The minimum absolute atomic E-state index is 0.0297. The maximum absolute atomic E-state index is 12.2. The van der Waals surface area contributed by atoms with Crippen LogP contribution in [0.4, 0.5) is 0 Å². The number of nitrogens with two attached hydrogens (primary N) is 1. The van der Waals surface area contributed by atoms with Crippen molar-refractivity contribution in [1.82, 2.24) is 4.90 Å². The first-order valence-corrected chi connectivity index (χ1v) is 6.74. The molecule has 1 unspecified atom stereocenters. The van der Waals surface area contributed by atoms with Crippen molar-refractivity contribution in [2.75, 3.05) is 13.1 Å². The van der Waals surface area contributed by atoms with E-state index in [1.807, 2.05) is 17.0 Å². The first-order valence-electron chi connectivity index (χ1n) is 6.74. The Balaban J connectivity index is 1.97. The Kier molecular flexibility index (Phi) is 4.53. The molecule has 0 aromatic heterocycles. The van der Waals surface area contributed by atoms with Crippen LogP contribution in [0.5, 0.6) is 0 Å². The highest BCUT2D eigenvalue weighted by Crippen LogP contribution is 2.12. The summed E-state index contributed by atoms with van der Waals surface area (Å²) in [5.41, 5.74) is 7.55. The molecule has 4 heteroatoms. The lowest BCUT2D eigenvalue weighted by Gasteiger charge is -2.29. The van der Waals surface area contributed by atoms with Crippen LogP contribution >= 0.6 is 0 Å². The molecule has 2 N–H and O–H groups in total. The van der Waals surface area contributed by atoms with E-state index < -0.39 is 6.04 Å². The van der Waals surface area contributed by atoms with Gasteiger partial charge in [-0.1, -0.05) is 12.1 Å². The molecular weight excluding hydrogens is 238 g/mol. The van der Waals surface area contributed by atoms with Crippen molar-refractivity contribution < 1.29 is 4.79 Å². The summed E-state index contributed by atoms with van der Waals surface area (Å²) in [6, 6.07) is 8.87. The molecule has 1 saturated heterocycles. The van der Waals surface area contributed by atoms with Crippen LogP contribution in [0.3, 0.4) is 0 Å². The number of nitrogens with zero attached hydrogens (tertiary/aromatic N) is 2. The fraction of sp³-hybridized carbons (Fsp3) is 0.467. The Bertz CT molecular complexity index is 486. The lowest BCUT2D eigenvalue weighted by Crippen LogP contribution is -2.46. The standard InChI is InChI=1S/C15H19N3O/c16-11-13-6-4-5-12(9-13)10-14(17)15(19)18-7-2-1-3-8-18/h4-6,9,14H,1-3,7-8,10,17H2. The minimum atomic E-state index is -0.507. The number of hydrogen-bond donors (Lipinski definition) is 1. The molecule has 1 aromatic carbocycles. The van der Waals surface area contributed by atoms with Gasteiger partial charge in [0.2, 0.25) is 5.91 Å². The van der Waals surface area contributed by atoms with Crippen molar-refractivity contribution in [3.63, 3.8) is 0 Å². The summed E-state index contributed by atoms with van der Waals surface area (Å²) in [5.74, 6) is 0.0297. The van der Waals surface area contributed by atoms with Gasteiger partial charge in [-0.2, -0.15) is 5.26 Å². The van der Waals surface area contributed by atoms with Crippen LogP contribution < -0.4 is 5.73 Å². The molecule has 0 spiro atoms. The summed E-state index contributed by atoms with van der Waals surface area (Å²) in [4.78, 5) is 14.1. The molecule has 19 heavy (non-hydrogen) atoms. The molecule has 0 saturated carbocycles. The van der Waals surface area contributed by atoms with Gasteiger partial charge < -0.3 is 10.6 Å². The third-order valence-corrected chi connectivity index (χ3v) is 3.50.